The van der Waals surface area contributed by atoms with Gasteiger partial charge in [-0.2, -0.15) is 0 Å². The van der Waals surface area contributed by atoms with Crippen LogP contribution in [0.5, 0.6) is 0 Å². The molecule has 20 heavy (non-hydrogen) atoms. The van der Waals surface area contributed by atoms with Crippen LogP contribution >= 0.6 is 0 Å². The van der Waals surface area contributed by atoms with Gasteiger partial charge in [0.05, 0.1) is 18.8 Å². The highest BCUT2D eigenvalue weighted by Gasteiger charge is 2.31. The van der Waals surface area contributed by atoms with Gasteiger partial charge in [0.15, 0.2) is 0 Å². The molecule has 2 unspecified atom stereocenters. The highest BCUT2D eigenvalue weighted by atomic mass is 16.5. The monoisotopic (exact) mass is 276 g/mol. The third-order valence-electron chi connectivity index (χ3n) is 4.13. The second-order valence-corrected chi connectivity index (χ2v) is 6.76. The third kappa shape index (κ3) is 3.40. The molecule has 0 bridgehead atoms. The number of likely N-dealkylation sites (N-methyl/N-ethyl adjacent to an activating group) is 2. The van der Waals surface area contributed by atoms with Crippen LogP contribution in [0.4, 0.5) is 0 Å². The van der Waals surface area contributed by atoms with E-state index in [1.807, 2.05) is 7.05 Å². The quantitative estimate of drug-likeness (QED) is 0.918. The van der Waals surface area contributed by atoms with Crippen LogP contribution in [0.3, 0.4) is 0 Å². The van der Waals surface area contributed by atoms with Crippen LogP contribution in [0.2, 0.25) is 0 Å². The standard InChI is InChI=1S/C17H28N2O/c1-17(2,3)14-8-6-13(7-9-14)16-15(12-18-4)20-11-10-19(16)5/h6-9,15-16,18H,10-12H2,1-5H3. The Kier molecular flexibility index (Phi) is 4.84. The van der Waals surface area contributed by atoms with Gasteiger partial charge in [-0.05, 0) is 30.6 Å². The Morgan fingerprint density at radius 1 is 1.25 bits per heavy atom. The predicted molar refractivity (Wildman–Crippen MR) is 84.2 cm³/mol. The van der Waals surface area contributed by atoms with Crippen LogP contribution in [0.15, 0.2) is 24.3 Å². The molecule has 1 N–H and O–H groups in total. The molecular formula is C17H28N2O. The zero-order valence-corrected chi connectivity index (χ0v) is 13.4. The first-order valence-corrected chi connectivity index (χ1v) is 7.50. The number of morpholine rings is 1. The molecule has 1 aromatic rings. The molecular weight excluding hydrogens is 248 g/mol. The summed E-state index contributed by atoms with van der Waals surface area (Å²) in [6.45, 7) is 9.45. The van der Waals surface area contributed by atoms with Gasteiger partial charge in [0.2, 0.25) is 0 Å². The maximum Gasteiger partial charge on any atom is 0.0896 e. The molecule has 3 nitrogen and oxygen atoms in total. The molecule has 0 aliphatic carbocycles. The van der Waals surface area contributed by atoms with E-state index in [0.717, 1.165) is 19.7 Å². The first-order valence-electron chi connectivity index (χ1n) is 7.50. The van der Waals surface area contributed by atoms with Crippen molar-refractivity contribution in [3.05, 3.63) is 35.4 Å². The fraction of sp³-hybridized carbons (Fsp3) is 0.647. The van der Waals surface area contributed by atoms with Gasteiger partial charge in [-0.1, -0.05) is 45.0 Å². The SMILES string of the molecule is CNCC1OCCN(C)C1c1ccc(C(C)(C)C)cc1. The molecule has 112 valence electrons. The minimum Gasteiger partial charge on any atom is -0.374 e. The number of benzene rings is 1. The molecule has 1 fully saturated rings. The molecule has 3 heteroatoms. The van der Waals surface area contributed by atoms with Crippen LogP contribution in [0.25, 0.3) is 0 Å². The lowest BCUT2D eigenvalue weighted by atomic mass is 9.85. The third-order valence-corrected chi connectivity index (χ3v) is 4.13. The van der Waals surface area contributed by atoms with E-state index in [2.05, 4.69) is 62.3 Å². The molecule has 1 heterocycles. The average Bonchev–Trinajstić information content (AvgIpc) is 2.38. The van der Waals surface area contributed by atoms with Crippen molar-refractivity contribution in [1.29, 1.82) is 0 Å². The number of ether oxygens (including phenoxy) is 1. The molecule has 0 saturated carbocycles. The Hall–Kier alpha value is -0.900. The fourth-order valence-corrected chi connectivity index (χ4v) is 2.88. The lowest BCUT2D eigenvalue weighted by molar-refractivity contribution is -0.0606. The Balaban J connectivity index is 2.23. The highest BCUT2D eigenvalue weighted by molar-refractivity contribution is 5.30. The summed E-state index contributed by atoms with van der Waals surface area (Å²) < 4.78 is 5.95. The summed E-state index contributed by atoms with van der Waals surface area (Å²) >= 11 is 0. The largest absolute Gasteiger partial charge is 0.374 e. The topological polar surface area (TPSA) is 24.5 Å². The lowest BCUT2D eigenvalue weighted by Gasteiger charge is -2.39. The second kappa shape index (κ2) is 6.25. The van der Waals surface area contributed by atoms with Gasteiger partial charge in [0.1, 0.15) is 0 Å². The van der Waals surface area contributed by atoms with Crippen molar-refractivity contribution in [2.45, 2.75) is 38.3 Å². The minimum absolute atomic E-state index is 0.206. The van der Waals surface area contributed by atoms with Crippen molar-refractivity contribution in [1.82, 2.24) is 10.2 Å². The molecule has 0 radical (unpaired) electrons. The van der Waals surface area contributed by atoms with Crippen molar-refractivity contribution in [2.75, 3.05) is 33.8 Å². The van der Waals surface area contributed by atoms with E-state index < -0.39 is 0 Å². The Morgan fingerprint density at radius 3 is 2.45 bits per heavy atom. The second-order valence-electron chi connectivity index (χ2n) is 6.76. The van der Waals surface area contributed by atoms with Crippen molar-refractivity contribution in [3.8, 4) is 0 Å². The number of hydrogen-bond donors (Lipinski definition) is 1. The van der Waals surface area contributed by atoms with Crippen molar-refractivity contribution < 1.29 is 4.74 Å². The van der Waals surface area contributed by atoms with Gasteiger partial charge in [-0.3, -0.25) is 4.90 Å². The zero-order chi connectivity index (χ0) is 14.8. The molecule has 0 spiro atoms. The molecule has 2 atom stereocenters. The van der Waals surface area contributed by atoms with Gasteiger partial charge in [-0.15, -0.1) is 0 Å². The molecule has 1 aliphatic heterocycles. The van der Waals surface area contributed by atoms with Crippen LogP contribution in [0, 0.1) is 0 Å². The fourth-order valence-electron chi connectivity index (χ4n) is 2.88. The maximum atomic E-state index is 5.95. The summed E-state index contributed by atoms with van der Waals surface area (Å²) in [7, 11) is 4.17. The zero-order valence-electron chi connectivity index (χ0n) is 13.4. The number of rotatable bonds is 3. The normalized spacial score (nSPS) is 24.9. The number of nitrogens with zero attached hydrogens (tertiary/aromatic N) is 1. The van der Waals surface area contributed by atoms with E-state index in [4.69, 9.17) is 4.74 Å². The van der Waals surface area contributed by atoms with Crippen LogP contribution < -0.4 is 5.32 Å². The number of hydrogen-bond acceptors (Lipinski definition) is 3. The smallest absolute Gasteiger partial charge is 0.0896 e. The molecule has 1 aliphatic rings. The average molecular weight is 276 g/mol. The molecule has 1 aromatic carbocycles. The van der Waals surface area contributed by atoms with E-state index in [-0.39, 0.29) is 11.5 Å². The van der Waals surface area contributed by atoms with Crippen LogP contribution in [-0.4, -0.2) is 44.8 Å². The Bertz CT molecular complexity index is 420. The minimum atomic E-state index is 0.206. The van der Waals surface area contributed by atoms with Crippen molar-refractivity contribution in [2.24, 2.45) is 0 Å². The van der Waals surface area contributed by atoms with Crippen molar-refractivity contribution >= 4 is 0 Å². The Labute approximate surface area is 123 Å². The number of nitrogens with one attached hydrogen (secondary N) is 1. The highest BCUT2D eigenvalue weighted by Crippen LogP contribution is 2.30. The van der Waals surface area contributed by atoms with Crippen molar-refractivity contribution in [3.63, 3.8) is 0 Å². The first-order chi connectivity index (χ1) is 9.43. The van der Waals surface area contributed by atoms with E-state index in [1.54, 1.807) is 0 Å². The molecule has 0 aromatic heterocycles. The molecule has 0 amide bonds. The van der Waals surface area contributed by atoms with E-state index in [1.165, 1.54) is 11.1 Å². The van der Waals surface area contributed by atoms with E-state index in [9.17, 15) is 0 Å². The van der Waals surface area contributed by atoms with E-state index >= 15 is 0 Å². The Morgan fingerprint density at radius 2 is 1.90 bits per heavy atom. The summed E-state index contributed by atoms with van der Waals surface area (Å²) in [6.07, 6.45) is 0.222. The summed E-state index contributed by atoms with van der Waals surface area (Å²) in [5.41, 5.74) is 2.93. The summed E-state index contributed by atoms with van der Waals surface area (Å²) in [5.74, 6) is 0. The van der Waals surface area contributed by atoms with Gasteiger partial charge >= 0.3 is 0 Å². The summed E-state index contributed by atoms with van der Waals surface area (Å²) in [5, 5.41) is 3.24. The maximum absolute atomic E-state index is 5.95. The van der Waals surface area contributed by atoms with Crippen LogP contribution in [-0.2, 0) is 10.2 Å². The van der Waals surface area contributed by atoms with Gasteiger partial charge in [0.25, 0.3) is 0 Å². The van der Waals surface area contributed by atoms with Gasteiger partial charge in [-0.25, -0.2) is 0 Å². The van der Waals surface area contributed by atoms with Gasteiger partial charge in [0, 0.05) is 13.1 Å². The first kappa shape index (κ1) is 15.5. The predicted octanol–water partition coefficient (Wildman–Crippen LogP) is 2.58. The summed E-state index contributed by atoms with van der Waals surface area (Å²) in [6, 6.07) is 9.38. The molecule has 1 saturated heterocycles. The van der Waals surface area contributed by atoms with E-state index in [0.29, 0.717) is 6.04 Å². The lowest BCUT2D eigenvalue weighted by Crippen LogP contribution is -2.46. The van der Waals surface area contributed by atoms with Gasteiger partial charge < -0.3 is 10.1 Å². The molecule has 2 rings (SSSR count). The van der Waals surface area contributed by atoms with Crippen LogP contribution in [0.1, 0.15) is 37.9 Å². The summed E-state index contributed by atoms with van der Waals surface area (Å²) in [4.78, 5) is 2.40.